The second-order valence-corrected chi connectivity index (χ2v) is 9.68. The van der Waals surface area contributed by atoms with Crippen LogP contribution in [0.2, 0.25) is 0 Å². The van der Waals surface area contributed by atoms with Gasteiger partial charge in [0.1, 0.15) is 0 Å². The van der Waals surface area contributed by atoms with Crippen LogP contribution in [0.15, 0.2) is 170 Å². The number of hydrogen-bond donors (Lipinski definition) is 0. The van der Waals surface area contributed by atoms with Gasteiger partial charge in [0, 0.05) is 23.2 Å². The molecule has 44 heavy (non-hydrogen) atoms. The number of pyridine rings is 2. The summed E-state index contributed by atoms with van der Waals surface area (Å²) in [6.45, 7) is 0. The molecule has 0 fully saturated rings. The summed E-state index contributed by atoms with van der Waals surface area (Å²) in [6.07, 6.45) is 10.9. The molecule has 0 aliphatic heterocycles. The van der Waals surface area contributed by atoms with Crippen LogP contribution in [0.25, 0.3) is 33.0 Å². The molecule has 2 heterocycles. The summed E-state index contributed by atoms with van der Waals surface area (Å²) in [4.78, 5) is 8.69. The quantitative estimate of drug-likeness (QED) is 0.0573. The zero-order valence-electron chi connectivity index (χ0n) is 23.7. The Kier molecular flexibility index (Phi) is 11.5. The molecule has 0 spiro atoms. The predicted octanol–water partition coefficient (Wildman–Crippen LogP) is 10.3. The van der Waals surface area contributed by atoms with Gasteiger partial charge in [-0.3, -0.25) is 9.97 Å². The molecule has 218 valence electrons. The summed E-state index contributed by atoms with van der Waals surface area (Å²) >= 11 is 1.75. The van der Waals surface area contributed by atoms with E-state index in [2.05, 4.69) is 128 Å². The number of aromatic nitrogens is 2. The molecule has 0 saturated carbocycles. The Hall–Kier alpha value is -4.57. The average molecular weight is 769 g/mol. The van der Waals surface area contributed by atoms with Gasteiger partial charge in [-0.15, -0.1) is 46.5 Å². The van der Waals surface area contributed by atoms with E-state index in [1.165, 1.54) is 0 Å². The Morgan fingerprint density at radius 1 is 0.409 bits per heavy atom. The summed E-state index contributed by atoms with van der Waals surface area (Å²) in [5.74, 6) is 0. The van der Waals surface area contributed by atoms with Crippen molar-refractivity contribution in [2.24, 2.45) is 0 Å². The average Bonchev–Trinajstić information content (AvgIpc) is 3.12. The van der Waals surface area contributed by atoms with Crippen molar-refractivity contribution in [3.63, 3.8) is 0 Å². The molecule has 0 aliphatic rings. The largest absolute Gasteiger partial charge is 0.254 e. The smallest absolute Gasteiger partial charge is 0.0964 e. The van der Waals surface area contributed by atoms with Crippen LogP contribution in [0, 0.1) is 12.2 Å². The van der Waals surface area contributed by atoms with E-state index in [1.807, 2.05) is 60.7 Å². The zero-order chi connectivity index (χ0) is 30.4. The van der Waals surface area contributed by atoms with Gasteiger partial charge in [0.2, 0.25) is 0 Å². The molecule has 7 aromatic rings. The minimum atomic E-state index is 0.977. The van der Waals surface area contributed by atoms with Gasteiger partial charge in [0.15, 0.2) is 0 Å². The minimum Gasteiger partial charge on any atom is -0.254 e. The van der Waals surface area contributed by atoms with Gasteiger partial charge >= 0.3 is 29.2 Å². The van der Waals surface area contributed by atoms with E-state index in [-0.39, 0.29) is 0 Å². The fraction of sp³-hybridized carbons (Fsp3) is 0. The van der Waals surface area contributed by atoms with Crippen LogP contribution in [0.3, 0.4) is 0 Å². The Morgan fingerprint density at radius 2 is 0.750 bits per heavy atom. The molecule has 0 saturated heterocycles. The maximum absolute atomic E-state index is 4.58. The number of benzene rings is 5. The molecule has 5 aromatic carbocycles. The number of allylic oxidation sites excluding steroid dienone is 2. The second-order valence-electron chi connectivity index (χ2n) is 9.68. The summed E-state index contributed by atoms with van der Waals surface area (Å²) < 4.78 is 0. The van der Waals surface area contributed by atoms with Gasteiger partial charge < -0.3 is 0 Å². The van der Waals surface area contributed by atoms with Crippen molar-refractivity contribution in [1.82, 2.24) is 9.97 Å². The summed E-state index contributed by atoms with van der Waals surface area (Å²) in [5.41, 5.74) is 8.34. The first-order valence-electron chi connectivity index (χ1n) is 14.0. The van der Waals surface area contributed by atoms with Crippen LogP contribution in [-0.2, 0) is 20.0 Å². The molecular formula is C40H28AuClN2-2. The van der Waals surface area contributed by atoms with Crippen molar-refractivity contribution in [1.29, 1.82) is 0 Å². The summed E-state index contributed by atoms with van der Waals surface area (Å²) in [5, 5.41) is 2.28. The molecule has 0 unspecified atom stereocenters. The van der Waals surface area contributed by atoms with Crippen molar-refractivity contribution in [3.05, 3.63) is 205 Å². The van der Waals surface area contributed by atoms with E-state index in [4.69, 9.17) is 0 Å². The van der Waals surface area contributed by atoms with Gasteiger partial charge in [-0.25, -0.2) is 0 Å². The molecule has 4 heteroatoms. The fourth-order valence-electron chi connectivity index (χ4n) is 4.78. The number of halogens is 1. The summed E-state index contributed by atoms with van der Waals surface area (Å²) in [7, 11) is 4.58. The van der Waals surface area contributed by atoms with Gasteiger partial charge in [-0.05, 0) is 12.1 Å². The van der Waals surface area contributed by atoms with Crippen LogP contribution in [-0.4, -0.2) is 9.97 Å². The normalized spacial score (nSPS) is 11.2. The molecule has 0 N–H and O–H groups in total. The molecule has 0 radical (unpaired) electrons. The van der Waals surface area contributed by atoms with Gasteiger partial charge in [0.05, 0.1) is 11.0 Å². The van der Waals surface area contributed by atoms with E-state index in [0.29, 0.717) is 0 Å². The first-order chi connectivity index (χ1) is 21.8. The zero-order valence-corrected chi connectivity index (χ0v) is 26.7. The third-order valence-corrected chi connectivity index (χ3v) is 6.81. The van der Waals surface area contributed by atoms with E-state index in [9.17, 15) is 0 Å². The van der Waals surface area contributed by atoms with E-state index in [0.717, 1.165) is 55.2 Å². The second kappa shape index (κ2) is 16.3. The standard InChI is InChI=1S/C28H20.C12H8N2.Au.ClH/c1-5-13-23(14-6-1)21-27(25-17-9-3-10-18-25)28(26-19-11-4-12-20-26)22-24-15-7-2-8-16-24;1-3-9-5-6-10-4-2-8-14-12(10)11(9)13-7-1;;/h1-20H;1-8H;;1H/q-2;;+1;/p-1. The predicted molar refractivity (Wildman–Crippen MR) is 180 cm³/mol. The van der Waals surface area contributed by atoms with Crippen molar-refractivity contribution >= 4 is 42.1 Å². The maximum atomic E-state index is 4.58. The fourth-order valence-corrected chi connectivity index (χ4v) is 4.78. The first kappa shape index (κ1) is 30.9. The van der Waals surface area contributed by atoms with Crippen molar-refractivity contribution in [2.75, 3.05) is 0 Å². The van der Waals surface area contributed by atoms with E-state index < -0.39 is 0 Å². The molecule has 0 bridgehead atoms. The molecule has 0 aliphatic carbocycles. The van der Waals surface area contributed by atoms with Crippen LogP contribution in [0.1, 0.15) is 22.3 Å². The molecule has 7 rings (SSSR count). The molecule has 2 nitrogen and oxygen atoms in total. The van der Waals surface area contributed by atoms with Crippen LogP contribution in [0.5, 0.6) is 0 Å². The number of fused-ring (bicyclic) bond motifs is 3. The van der Waals surface area contributed by atoms with Crippen molar-refractivity contribution < 1.29 is 20.0 Å². The number of nitrogens with zero attached hydrogens (tertiary/aromatic N) is 2. The third-order valence-electron chi connectivity index (χ3n) is 6.81. The van der Waals surface area contributed by atoms with Crippen LogP contribution in [0.4, 0.5) is 0 Å². The Bertz CT molecular complexity index is 1810. The number of hydrogen-bond acceptors (Lipinski definition) is 2. The first-order valence-corrected chi connectivity index (χ1v) is 16.7. The van der Waals surface area contributed by atoms with Crippen molar-refractivity contribution in [3.8, 4) is 0 Å². The monoisotopic (exact) mass is 768 g/mol. The Morgan fingerprint density at radius 3 is 1.11 bits per heavy atom. The van der Waals surface area contributed by atoms with E-state index >= 15 is 0 Å². The topological polar surface area (TPSA) is 25.8 Å². The third kappa shape index (κ3) is 8.08. The molecule has 0 atom stereocenters. The Balaban J connectivity index is 0.000000200. The van der Waals surface area contributed by atoms with Crippen molar-refractivity contribution in [2.45, 2.75) is 0 Å². The SMILES string of the molecule is [C-](=C(C(=[C-]c1ccccc1)c1ccccc1)c1ccccc1)c1ccccc1.[Cl][Au].c1cnc2c(c1)ccc1cccnc12. The molecule has 0 amide bonds. The van der Waals surface area contributed by atoms with Crippen LogP contribution >= 0.6 is 9.19 Å². The molecular weight excluding hydrogens is 741 g/mol. The van der Waals surface area contributed by atoms with E-state index in [1.54, 1.807) is 32.4 Å². The maximum Gasteiger partial charge on any atom is 0.0964 e. The van der Waals surface area contributed by atoms with Crippen LogP contribution < -0.4 is 0 Å². The van der Waals surface area contributed by atoms with Gasteiger partial charge in [0.25, 0.3) is 0 Å². The minimum absolute atomic E-state index is 0.977. The van der Waals surface area contributed by atoms with Gasteiger partial charge in [-0.2, -0.15) is 23.3 Å². The Labute approximate surface area is 275 Å². The van der Waals surface area contributed by atoms with Gasteiger partial charge in [-0.1, -0.05) is 121 Å². The number of rotatable bonds is 5. The molecule has 2 aromatic heterocycles. The summed E-state index contributed by atoms with van der Waals surface area (Å²) in [6, 6.07) is 53.5.